The van der Waals surface area contributed by atoms with Crippen LogP contribution in [0.2, 0.25) is 0 Å². The van der Waals surface area contributed by atoms with Gasteiger partial charge in [0.05, 0.1) is 21.6 Å². The third-order valence-electron chi connectivity index (χ3n) is 2.36. The van der Waals surface area contributed by atoms with Crippen LogP contribution in [0.25, 0.3) is 0 Å². The fourth-order valence-electron chi connectivity index (χ4n) is 1.58. The number of hydrogen-bond acceptors (Lipinski definition) is 4. The van der Waals surface area contributed by atoms with Gasteiger partial charge in [-0.3, -0.25) is 10.1 Å². The smallest absolute Gasteiger partial charge is 0.338 e. The van der Waals surface area contributed by atoms with E-state index in [1.807, 2.05) is 6.92 Å². The zero-order valence-electron chi connectivity index (χ0n) is 10.2. The minimum atomic E-state index is -0.537. The van der Waals surface area contributed by atoms with Crippen molar-refractivity contribution in [3.05, 3.63) is 37.8 Å². The highest BCUT2D eigenvalue weighted by molar-refractivity contribution is 9.10. The van der Waals surface area contributed by atoms with Crippen molar-refractivity contribution >= 4 is 27.6 Å². The number of nitro benzene ring substituents is 1. The summed E-state index contributed by atoms with van der Waals surface area (Å²) >= 11 is 3.21. The molecule has 1 aromatic rings. The summed E-state index contributed by atoms with van der Waals surface area (Å²) in [5.74, 6) is -0.537. The van der Waals surface area contributed by atoms with E-state index in [2.05, 4.69) is 15.9 Å². The van der Waals surface area contributed by atoms with Crippen molar-refractivity contribution in [2.24, 2.45) is 0 Å². The summed E-state index contributed by atoms with van der Waals surface area (Å²) < 4.78 is 5.29. The van der Waals surface area contributed by atoms with Gasteiger partial charge in [-0.15, -0.1) is 0 Å². The molecule has 0 spiro atoms. The first-order valence-electron chi connectivity index (χ1n) is 5.65. The van der Waals surface area contributed by atoms with Crippen molar-refractivity contribution in [3.63, 3.8) is 0 Å². The second kappa shape index (κ2) is 6.49. The van der Waals surface area contributed by atoms with E-state index in [1.165, 1.54) is 6.07 Å². The summed E-state index contributed by atoms with van der Waals surface area (Å²) in [6.45, 7) is 3.90. The summed E-state index contributed by atoms with van der Waals surface area (Å²) in [6, 6.07) is 2.87. The Bertz CT molecular complexity index is 473. The Labute approximate surface area is 113 Å². The molecule has 0 fully saturated rings. The number of hydrogen-bond donors (Lipinski definition) is 0. The van der Waals surface area contributed by atoms with Gasteiger partial charge in [0.2, 0.25) is 0 Å². The van der Waals surface area contributed by atoms with Crippen LogP contribution in [0.5, 0.6) is 0 Å². The van der Waals surface area contributed by atoms with Crippen LogP contribution in [-0.4, -0.2) is 17.5 Å². The van der Waals surface area contributed by atoms with Crippen LogP contribution in [0, 0.1) is 10.1 Å². The maximum absolute atomic E-state index is 11.6. The molecule has 6 heteroatoms. The highest BCUT2D eigenvalue weighted by Crippen LogP contribution is 2.31. The van der Waals surface area contributed by atoms with Gasteiger partial charge in [0.25, 0.3) is 5.69 Å². The van der Waals surface area contributed by atoms with Crippen LogP contribution in [0.3, 0.4) is 0 Å². The molecule has 0 aliphatic heterocycles. The van der Waals surface area contributed by atoms with Gasteiger partial charge in [-0.25, -0.2) is 4.79 Å². The molecule has 0 amide bonds. The van der Waals surface area contributed by atoms with Crippen molar-refractivity contribution < 1.29 is 14.5 Å². The van der Waals surface area contributed by atoms with Gasteiger partial charge < -0.3 is 4.74 Å². The normalized spacial score (nSPS) is 10.2. The predicted octanol–water partition coefficient (Wildman–Crippen LogP) is 3.49. The number of nitro groups is 1. The van der Waals surface area contributed by atoms with Gasteiger partial charge in [0, 0.05) is 6.07 Å². The second-order valence-corrected chi connectivity index (χ2v) is 4.49. The molecule has 0 radical (unpaired) electrons. The van der Waals surface area contributed by atoms with Gasteiger partial charge in [0.15, 0.2) is 0 Å². The van der Waals surface area contributed by atoms with E-state index >= 15 is 0 Å². The summed E-state index contributed by atoms with van der Waals surface area (Å²) in [5.41, 5.74) is 0.856. The zero-order chi connectivity index (χ0) is 13.7. The molecule has 0 atom stereocenters. The molecule has 0 saturated heterocycles. The second-order valence-electron chi connectivity index (χ2n) is 3.70. The Kier molecular flexibility index (Phi) is 5.27. The number of esters is 1. The standard InChI is InChI=1S/C12H14BrNO4/c1-3-5-8-6-9(12(15)18-4-2)7-10(11(8)13)14(16)17/h6-7H,3-5H2,1-2H3. The summed E-state index contributed by atoms with van der Waals surface area (Å²) in [6.07, 6.45) is 1.50. The molecule has 1 rings (SSSR count). The summed E-state index contributed by atoms with van der Waals surface area (Å²) in [7, 11) is 0. The first-order valence-corrected chi connectivity index (χ1v) is 6.44. The number of nitrogens with zero attached hydrogens (tertiary/aromatic N) is 1. The van der Waals surface area contributed by atoms with Crippen molar-refractivity contribution in [2.75, 3.05) is 6.61 Å². The van der Waals surface area contributed by atoms with Crippen LogP contribution >= 0.6 is 15.9 Å². The van der Waals surface area contributed by atoms with E-state index in [0.29, 0.717) is 10.9 Å². The van der Waals surface area contributed by atoms with Crippen LogP contribution < -0.4 is 0 Å². The molecule has 18 heavy (non-hydrogen) atoms. The monoisotopic (exact) mass is 315 g/mol. The van der Waals surface area contributed by atoms with Crippen LogP contribution in [0.15, 0.2) is 16.6 Å². The SMILES string of the molecule is CCCc1cc(C(=O)OCC)cc([N+](=O)[O-])c1Br. The van der Waals surface area contributed by atoms with E-state index in [-0.39, 0.29) is 17.9 Å². The predicted molar refractivity (Wildman–Crippen MR) is 70.7 cm³/mol. The Morgan fingerprint density at radius 2 is 2.11 bits per heavy atom. The molecule has 0 heterocycles. The molecular weight excluding hydrogens is 302 g/mol. The highest BCUT2D eigenvalue weighted by atomic mass is 79.9. The summed E-state index contributed by atoms with van der Waals surface area (Å²) in [5, 5.41) is 10.9. The Morgan fingerprint density at radius 3 is 2.61 bits per heavy atom. The zero-order valence-corrected chi connectivity index (χ0v) is 11.8. The van der Waals surface area contributed by atoms with Gasteiger partial charge in [-0.05, 0) is 40.9 Å². The van der Waals surface area contributed by atoms with Crippen LogP contribution in [0.1, 0.15) is 36.2 Å². The molecule has 0 aliphatic rings. The van der Waals surface area contributed by atoms with Gasteiger partial charge in [-0.2, -0.15) is 0 Å². The minimum Gasteiger partial charge on any atom is -0.462 e. The molecule has 0 unspecified atom stereocenters. The number of carbonyl (C=O) groups excluding carboxylic acids is 1. The lowest BCUT2D eigenvalue weighted by Gasteiger charge is -2.07. The first kappa shape index (κ1) is 14.6. The maximum atomic E-state index is 11.6. The van der Waals surface area contributed by atoms with Crippen molar-refractivity contribution in [1.29, 1.82) is 0 Å². The Morgan fingerprint density at radius 1 is 1.44 bits per heavy atom. The molecule has 0 aromatic heterocycles. The molecule has 1 aromatic carbocycles. The molecule has 0 bridgehead atoms. The van der Waals surface area contributed by atoms with Crippen molar-refractivity contribution in [3.8, 4) is 0 Å². The molecule has 0 aliphatic carbocycles. The van der Waals surface area contributed by atoms with Crippen molar-refractivity contribution in [1.82, 2.24) is 0 Å². The fraction of sp³-hybridized carbons (Fsp3) is 0.417. The largest absolute Gasteiger partial charge is 0.462 e. The maximum Gasteiger partial charge on any atom is 0.338 e. The van der Waals surface area contributed by atoms with E-state index in [4.69, 9.17) is 4.74 Å². The molecule has 0 N–H and O–H groups in total. The Balaban J connectivity index is 3.28. The number of halogens is 1. The number of rotatable bonds is 5. The Hall–Kier alpha value is -1.43. The third-order valence-corrected chi connectivity index (χ3v) is 3.27. The lowest BCUT2D eigenvalue weighted by Crippen LogP contribution is -2.07. The lowest BCUT2D eigenvalue weighted by atomic mass is 10.1. The van der Waals surface area contributed by atoms with Crippen molar-refractivity contribution in [2.45, 2.75) is 26.7 Å². The van der Waals surface area contributed by atoms with Gasteiger partial charge >= 0.3 is 5.97 Å². The van der Waals surface area contributed by atoms with Crippen LogP contribution in [0.4, 0.5) is 5.69 Å². The third kappa shape index (κ3) is 3.29. The lowest BCUT2D eigenvalue weighted by molar-refractivity contribution is -0.385. The van der Waals surface area contributed by atoms with Gasteiger partial charge in [0.1, 0.15) is 0 Å². The van der Waals surface area contributed by atoms with E-state index in [0.717, 1.165) is 12.0 Å². The van der Waals surface area contributed by atoms with E-state index in [9.17, 15) is 14.9 Å². The van der Waals surface area contributed by atoms with E-state index in [1.54, 1.807) is 13.0 Å². The number of benzene rings is 1. The molecule has 98 valence electrons. The number of carbonyl (C=O) groups is 1. The van der Waals surface area contributed by atoms with Crippen LogP contribution in [-0.2, 0) is 11.2 Å². The average Bonchev–Trinajstić information content (AvgIpc) is 2.31. The quantitative estimate of drug-likeness (QED) is 0.474. The fourth-order valence-corrected chi connectivity index (χ4v) is 2.16. The summed E-state index contributed by atoms with van der Waals surface area (Å²) in [4.78, 5) is 22.1. The minimum absolute atomic E-state index is 0.107. The van der Waals surface area contributed by atoms with E-state index < -0.39 is 10.9 Å². The first-order chi connectivity index (χ1) is 8.51. The molecule has 0 saturated carbocycles. The highest BCUT2D eigenvalue weighted by Gasteiger charge is 2.20. The topological polar surface area (TPSA) is 69.4 Å². The van der Waals surface area contributed by atoms with Gasteiger partial charge in [-0.1, -0.05) is 13.3 Å². The average molecular weight is 316 g/mol. The molecule has 5 nitrogen and oxygen atoms in total. The molecular formula is C12H14BrNO4. The number of ether oxygens (including phenoxy) is 1. The number of aryl methyl sites for hydroxylation is 1.